The second-order valence-electron chi connectivity index (χ2n) is 6.25. The van der Waals surface area contributed by atoms with E-state index >= 15 is 0 Å². The van der Waals surface area contributed by atoms with E-state index < -0.39 is 0 Å². The minimum atomic E-state index is -0.277. The van der Waals surface area contributed by atoms with Gasteiger partial charge in [-0.05, 0) is 47.7 Å². The van der Waals surface area contributed by atoms with E-state index in [1.54, 1.807) is 29.4 Å². The second-order valence-corrected chi connectivity index (χ2v) is 6.25. The molecule has 2 amide bonds. The molecule has 1 heterocycles. The monoisotopic (exact) mass is 329 g/mol. The maximum absolute atomic E-state index is 13.1. The smallest absolute Gasteiger partial charge is 0.318 e. The van der Waals surface area contributed by atoms with Crippen LogP contribution in [0.2, 0.25) is 0 Å². The SMILES string of the molecule is CC(C)CCNC(=O)N(Cc1ccncc1)Cc1ccc(F)cc1. The standard InChI is InChI=1S/C19H24FN3O/c1-15(2)7-12-22-19(24)23(14-17-8-10-21-11-9-17)13-16-3-5-18(20)6-4-16/h3-6,8-11,15H,7,12-14H2,1-2H3,(H,22,24). The quantitative estimate of drug-likeness (QED) is 0.835. The van der Waals surface area contributed by atoms with Crippen molar-refractivity contribution in [2.24, 2.45) is 5.92 Å². The van der Waals surface area contributed by atoms with Crippen LogP contribution in [-0.2, 0) is 13.1 Å². The first-order valence-electron chi connectivity index (χ1n) is 8.20. The number of nitrogens with zero attached hydrogens (tertiary/aromatic N) is 2. The molecule has 0 aliphatic heterocycles. The largest absolute Gasteiger partial charge is 0.338 e. The van der Waals surface area contributed by atoms with E-state index in [9.17, 15) is 9.18 Å². The Morgan fingerprint density at radius 3 is 2.25 bits per heavy atom. The highest BCUT2D eigenvalue weighted by Gasteiger charge is 2.14. The maximum Gasteiger partial charge on any atom is 0.318 e. The van der Waals surface area contributed by atoms with Crippen LogP contribution in [0.1, 0.15) is 31.4 Å². The maximum atomic E-state index is 13.1. The number of halogens is 1. The van der Waals surface area contributed by atoms with Gasteiger partial charge in [-0.3, -0.25) is 4.98 Å². The Balaban J connectivity index is 2.05. The van der Waals surface area contributed by atoms with Crippen LogP contribution < -0.4 is 5.32 Å². The summed E-state index contributed by atoms with van der Waals surface area (Å²) in [5, 5.41) is 2.96. The van der Waals surface area contributed by atoms with Gasteiger partial charge in [-0.15, -0.1) is 0 Å². The average Bonchev–Trinajstić information content (AvgIpc) is 2.57. The molecular weight excluding hydrogens is 305 g/mol. The summed E-state index contributed by atoms with van der Waals surface area (Å²) in [5.41, 5.74) is 1.90. The molecule has 1 aromatic heterocycles. The minimum Gasteiger partial charge on any atom is -0.338 e. The summed E-state index contributed by atoms with van der Waals surface area (Å²) in [7, 11) is 0. The molecule has 5 heteroatoms. The van der Waals surface area contributed by atoms with Gasteiger partial charge in [0.25, 0.3) is 0 Å². The Morgan fingerprint density at radius 2 is 1.67 bits per heavy atom. The number of amides is 2. The molecule has 0 spiro atoms. The van der Waals surface area contributed by atoms with Crippen molar-refractivity contribution in [2.75, 3.05) is 6.54 Å². The summed E-state index contributed by atoms with van der Waals surface area (Å²) in [4.78, 5) is 18.3. The van der Waals surface area contributed by atoms with Crippen molar-refractivity contribution in [1.29, 1.82) is 0 Å². The Morgan fingerprint density at radius 1 is 1.08 bits per heavy atom. The summed E-state index contributed by atoms with van der Waals surface area (Å²) < 4.78 is 13.1. The topological polar surface area (TPSA) is 45.2 Å². The molecule has 1 aromatic carbocycles. The number of nitrogens with one attached hydrogen (secondary N) is 1. The van der Waals surface area contributed by atoms with Crippen LogP contribution >= 0.6 is 0 Å². The Bertz CT molecular complexity index is 629. The van der Waals surface area contributed by atoms with E-state index in [4.69, 9.17) is 0 Å². The van der Waals surface area contributed by atoms with Crippen molar-refractivity contribution in [2.45, 2.75) is 33.4 Å². The predicted molar refractivity (Wildman–Crippen MR) is 92.7 cm³/mol. The molecule has 0 saturated heterocycles. The van der Waals surface area contributed by atoms with Gasteiger partial charge >= 0.3 is 6.03 Å². The number of aromatic nitrogens is 1. The molecule has 0 saturated carbocycles. The van der Waals surface area contributed by atoms with Gasteiger partial charge < -0.3 is 10.2 Å². The van der Waals surface area contributed by atoms with Crippen molar-refractivity contribution in [3.63, 3.8) is 0 Å². The highest BCUT2D eigenvalue weighted by atomic mass is 19.1. The first-order valence-corrected chi connectivity index (χ1v) is 8.20. The van der Waals surface area contributed by atoms with Gasteiger partial charge in [-0.1, -0.05) is 26.0 Å². The Labute approximate surface area is 142 Å². The number of hydrogen-bond acceptors (Lipinski definition) is 2. The van der Waals surface area contributed by atoms with Crippen LogP contribution in [0.25, 0.3) is 0 Å². The number of pyridine rings is 1. The molecular formula is C19H24FN3O. The van der Waals surface area contributed by atoms with Crippen molar-refractivity contribution in [3.8, 4) is 0 Å². The Hall–Kier alpha value is -2.43. The van der Waals surface area contributed by atoms with Crippen LogP contribution in [0, 0.1) is 11.7 Å². The fraction of sp³-hybridized carbons (Fsp3) is 0.368. The van der Waals surface area contributed by atoms with Crippen LogP contribution in [0.15, 0.2) is 48.8 Å². The summed E-state index contributed by atoms with van der Waals surface area (Å²) in [5.74, 6) is 0.261. The molecule has 0 aliphatic carbocycles. The lowest BCUT2D eigenvalue weighted by Crippen LogP contribution is -2.39. The normalized spacial score (nSPS) is 10.7. The van der Waals surface area contributed by atoms with Gasteiger partial charge in [-0.25, -0.2) is 9.18 Å². The molecule has 0 fully saturated rings. The number of benzene rings is 1. The number of carbonyl (C=O) groups is 1. The zero-order valence-corrected chi connectivity index (χ0v) is 14.2. The lowest BCUT2D eigenvalue weighted by Gasteiger charge is -2.23. The van der Waals surface area contributed by atoms with Crippen LogP contribution in [0.5, 0.6) is 0 Å². The van der Waals surface area contributed by atoms with Gasteiger partial charge in [-0.2, -0.15) is 0 Å². The van der Waals surface area contributed by atoms with E-state index in [1.165, 1.54) is 12.1 Å². The van der Waals surface area contributed by atoms with Gasteiger partial charge in [0.1, 0.15) is 5.82 Å². The van der Waals surface area contributed by atoms with Gasteiger partial charge in [0, 0.05) is 32.0 Å². The van der Waals surface area contributed by atoms with Crippen LogP contribution in [0.4, 0.5) is 9.18 Å². The third-order valence-corrected chi connectivity index (χ3v) is 3.69. The van der Waals surface area contributed by atoms with Crippen molar-refractivity contribution >= 4 is 6.03 Å². The van der Waals surface area contributed by atoms with Crippen molar-refractivity contribution in [3.05, 3.63) is 65.7 Å². The minimum absolute atomic E-state index is 0.114. The van der Waals surface area contributed by atoms with Crippen LogP contribution in [0.3, 0.4) is 0 Å². The molecule has 0 radical (unpaired) electrons. The Kier molecular flexibility index (Phi) is 6.73. The molecule has 0 aliphatic rings. The van der Waals surface area contributed by atoms with Crippen LogP contribution in [-0.4, -0.2) is 22.5 Å². The van der Waals surface area contributed by atoms with E-state index in [0.717, 1.165) is 17.5 Å². The van der Waals surface area contributed by atoms with Gasteiger partial charge in [0.15, 0.2) is 0 Å². The summed E-state index contributed by atoms with van der Waals surface area (Å²) in [6.45, 7) is 5.80. The van der Waals surface area contributed by atoms with E-state index in [2.05, 4.69) is 24.1 Å². The molecule has 2 rings (SSSR count). The molecule has 1 N–H and O–H groups in total. The zero-order chi connectivity index (χ0) is 17.4. The zero-order valence-electron chi connectivity index (χ0n) is 14.2. The molecule has 0 bridgehead atoms. The highest BCUT2D eigenvalue weighted by Crippen LogP contribution is 2.11. The van der Waals surface area contributed by atoms with Crippen molar-refractivity contribution in [1.82, 2.24) is 15.2 Å². The first-order chi connectivity index (χ1) is 11.5. The highest BCUT2D eigenvalue weighted by molar-refractivity contribution is 5.74. The summed E-state index contributed by atoms with van der Waals surface area (Å²) in [6, 6.07) is 9.90. The fourth-order valence-corrected chi connectivity index (χ4v) is 2.30. The van der Waals surface area contributed by atoms with E-state index in [0.29, 0.717) is 25.6 Å². The first kappa shape index (κ1) is 17.9. The van der Waals surface area contributed by atoms with Gasteiger partial charge in [0.2, 0.25) is 0 Å². The number of carbonyl (C=O) groups excluding carboxylic acids is 1. The number of hydrogen-bond donors (Lipinski definition) is 1. The number of urea groups is 1. The van der Waals surface area contributed by atoms with E-state index in [1.807, 2.05) is 12.1 Å². The molecule has 24 heavy (non-hydrogen) atoms. The molecule has 0 atom stereocenters. The molecule has 128 valence electrons. The number of rotatable bonds is 7. The predicted octanol–water partition coefficient (Wildman–Crippen LogP) is 3.98. The molecule has 4 nitrogen and oxygen atoms in total. The van der Waals surface area contributed by atoms with Gasteiger partial charge in [0.05, 0.1) is 0 Å². The third kappa shape index (κ3) is 5.99. The third-order valence-electron chi connectivity index (χ3n) is 3.69. The molecule has 0 unspecified atom stereocenters. The average molecular weight is 329 g/mol. The van der Waals surface area contributed by atoms with Crippen molar-refractivity contribution < 1.29 is 9.18 Å². The fourth-order valence-electron chi connectivity index (χ4n) is 2.30. The second kappa shape index (κ2) is 9.01. The summed E-state index contributed by atoms with van der Waals surface area (Å²) in [6.07, 6.45) is 4.36. The lowest BCUT2D eigenvalue weighted by atomic mass is 10.1. The summed E-state index contributed by atoms with van der Waals surface area (Å²) >= 11 is 0. The van der Waals surface area contributed by atoms with E-state index in [-0.39, 0.29) is 11.8 Å². The molecule has 2 aromatic rings. The lowest BCUT2D eigenvalue weighted by molar-refractivity contribution is 0.191.